The van der Waals surface area contributed by atoms with Crippen molar-refractivity contribution in [2.75, 3.05) is 25.0 Å². The van der Waals surface area contributed by atoms with Crippen LogP contribution in [0.25, 0.3) is 12.2 Å². The molecule has 0 saturated carbocycles. The van der Waals surface area contributed by atoms with Crippen molar-refractivity contribution >= 4 is 35.6 Å². The molecule has 8 nitrogen and oxygen atoms in total. The minimum Gasteiger partial charge on any atom is -0.481 e. The van der Waals surface area contributed by atoms with Gasteiger partial charge in [-0.3, -0.25) is 14.4 Å². The van der Waals surface area contributed by atoms with Gasteiger partial charge in [0.15, 0.2) is 0 Å². The molecule has 3 aromatic rings. The molecule has 8 heteroatoms. The lowest BCUT2D eigenvalue weighted by molar-refractivity contribution is -0.151. The number of carboxylic acid groups (broad SMARTS) is 1. The summed E-state index contributed by atoms with van der Waals surface area (Å²) in [5, 5.41) is 15.7. The van der Waals surface area contributed by atoms with Gasteiger partial charge in [0.05, 0.1) is 11.1 Å². The second-order valence-electron chi connectivity index (χ2n) is 11.7. The number of likely N-dealkylation sites (tertiary alicyclic amines) is 1. The zero-order valence-electron chi connectivity index (χ0n) is 26.0. The highest BCUT2D eigenvalue weighted by Crippen LogP contribution is 2.31. The van der Waals surface area contributed by atoms with Crippen molar-refractivity contribution in [2.45, 2.75) is 65.3 Å². The summed E-state index contributed by atoms with van der Waals surface area (Å²) in [5.41, 5.74) is 3.73. The number of amides is 2. The van der Waals surface area contributed by atoms with Crippen LogP contribution in [0.1, 0.15) is 78.8 Å². The molecule has 1 aromatic heterocycles. The topological polar surface area (TPSA) is 112 Å². The molecule has 0 atom stereocenters. The summed E-state index contributed by atoms with van der Waals surface area (Å²) in [6.07, 6.45) is 7.30. The summed E-state index contributed by atoms with van der Waals surface area (Å²) in [7, 11) is 0. The van der Waals surface area contributed by atoms with Crippen molar-refractivity contribution in [1.29, 1.82) is 0 Å². The second kappa shape index (κ2) is 15.4. The van der Waals surface area contributed by atoms with Gasteiger partial charge < -0.3 is 20.6 Å². The molecule has 1 fully saturated rings. The summed E-state index contributed by atoms with van der Waals surface area (Å²) >= 11 is 0. The van der Waals surface area contributed by atoms with Crippen LogP contribution >= 0.6 is 0 Å². The number of nitrogens with zero attached hydrogens (tertiary/aromatic N) is 2. The van der Waals surface area contributed by atoms with E-state index in [-0.39, 0.29) is 24.3 Å². The first-order valence-electron chi connectivity index (χ1n) is 15.6. The van der Waals surface area contributed by atoms with Gasteiger partial charge in [-0.25, -0.2) is 4.98 Å². The van der Waals surface area contributed by atoms with Crippen LogP contribution in [0, 0.1) is 12.3 Å². The zero-order chi connectivity index (χ0) is 31.5. The van der Waals surface area contributed by atoms with Crippen molar-refractivity contribution in [3.63, 3.8) is 0 Å². The maximum Gasteiger partial charge on any atom is 0.310 e. The fraction of sp³-hybridized carbons (Fsp3) is 0.389. The number of aromatic nitrogens is 1. The maximum absolute atomic E-state index is 13.1. The number of benzene rings is 2. The molecular weight excluding hydrogens is 552 g/mol. The highest BCUT2D eigenvalue weighted by molar-refractivity contribution is 5.95. The van der Waals surface area contributed by atoms with E-state index in [2.05, 4.69) is 44.8 Å². The van der Waals surface area contributed by atoms with Crippen molar-refractivity contribution in [2.24, 2.45) is 5.41 Å². The van der Waals surface area contributed by atoms with E-state index >= 15 is 0 Å². The third kappa shape index (κ3) is 8.86. The summed E-state index contributed by atoms with van der Waals surface area (Å²) in [6.45, 7) is 8.49. The number of carbonyl (C=O) groups is 3. The minimum atomic E-state index is -1.07. The lowest BCUT2D eigenvalue weighted by atomic mass is 9.79. The molecule has 232 valence electrons. The zero-order valence-corrected chi connectivity index (χ0v) is 26.0. The van der Waals surface area contributed by atoms with E-state index in [1.165, 1.54) is 5.56 Å². The molecule has 1 saturated heterocycles. The first kappa shape index (κ1) is 32.6. The Labute approximate surface area is 260 Å². The molecule has 3 N–H and O–H groups in total. The molecule has 0 radical (unpaired) electrons. The van der Waals surface area contributed by atoms with Gasteiger partial charge in [-0.1, -0.05) is 68.5 Å². The van der Waals surface area contributed by atoms with Crippen LogP contribution in [0.3, 0.4) is 0 Å². The average molecular weight is 597 g/mol. The number of pyridine rings is 1. The molecule has 0 spiro atoms. The van der Waals surface area contributed by atoms with Crippen LogP contribution < -0.4 is 10.6 Å². The van der Waals surface area contributed by atoms with E-state index in [4.69, 9.17) is 0 Å². The van der Waals surface area contributed by atoms with Crippen LogP contribution in [-0.2, 0) is 16.0 Å². The van der Waals surface area contributed by atoms with E-state index in [1.54, 1.807) is 26.0 Å². The van der Waals surface area contributed by atoms with E-state index in [0.29, 0.717) is 29.9 Å². The Morgan fingerprint density at radius 3 is 2.39 bits per heavy atom. The molecule has 2 heterocycles. The molecular formula is C36H44N4O4. The first-order chi connectivity index (χ1) is 21.2. The summed E-state index contributed by atoms with van der Waals surface area (Å²) in [5.74, 6) is -1.44. The lowest BCUT2D eigenvalue weighted by Crippen LogP contribution is -2.45. The summed E-state index contributed by atoms with van der Waals surface area (Å²) < 4.78 is 0. The average Bonchev–Trinajstić information content (AvgIpc) is 3.03. The number of hydrogen-bond acceptors (Lipinski definition) is 5. The van der Waals surface area contributed by atoms with Gasteiger partial charge in [-0.2, -0.15) is 0 Å². The van der Waals surface area contributed by atoms with Gasteiger partial charge >= 0.3 is 5.97 Å². The first-order valence-corrected chi connectivity index (χ1v) is 15.6. The van der Waals surface area contributed by atoms with Gasteiger partial charge in [0.1, 0.15) is 5.69 Å². The fourth-order valence-corrected chi connectivity index (χ4v) is 5.62. The number of aryl methyl sites for hydroxylation is 1. The fourth-order valence-electron chi connectivity index (χ4n) is 5.62. The Kier molecular flexibility index (Phi) is 11.4. The van der Waals surface area contributed by atoms with Gasteiger partial charge in [-0.05, 0) is 80.0 Å². The van der Waals surface area contributed by atoms with Crippen molar-refractivity contribution in [3.8, 4) is 0 Å². The van der Waals surface area contributed by atoms with Gasteiger partial charge in [-0.15, -0.1) is 0 Å². The molecule has 4 rings (SSSR count). The van der Waals surface area contributed by atoms with Gasteiger partial charge in [0.2, 0.25) is 5.91 Å². The Hall–Kier alpha value is -4.30. The number of anilines is 1. The molecule has 1 aliphatic rings. The van der Waals surface area contributed by atoms with Crippen LogP contribution in [0.5, 0.6) is 0 Å². The number of carbonyl (C=O) groups excluding carboxylic acids is 2. The molecule has 1 aliphatic heterocycles. The molecule has 2 aromatic carbocycles. The van der Waals surface area contributed by atoms with Crippen LogP contribution in [0.2, 0.25) is 0 Å². The molecule has 0 unspecified atom stereocenters. The number of rotatable bonds is 13. The number of aliphatic carboxylic acids is 1. The van der Waals surface area contributed by atoms with Gasteiger partial charge in [0.25, 0.3) is 5.91 Å². The minimum absolute atomic E-state index is 0.0826. The van der Waals surface area contributed by atoms with E-state index in [9.17, 15) is 19.5 Å². The number of piperidine rings is 1. The molecule has 0 bridgehead atoms. The number of carboxylic acids is 1. The van der Waals surface area contributed by atoms with Crippen molar-refractivity contribution in [1.82, 2.24) is 15.2 Å². The van der Waals surface area contributed by atoms with Crippen molar-refractivity contribution in [3.05, 3.63) is 94.8 Å². The van der Waals surface area contributed by atoms with E-state index < -0.39 is 11.4 Å². The smallest absolute Gasteiger partial charge is 0.310 e. The predicted octanol–water partition coefficient (Wildman–Crippen LogP) is 6.22. The molecule has 0 aliphatic carbocycles. The van der Waals surface area contributed by atoms with Gasteiger partial charge in [0, 0.05) is 37.8 Å². The Morgan fingerprint density at radius 1 is 0.977 bits per heavy atom. The second-order valence-corrected chi connectivity index (χ2v) is 11.7. The number of hydrogen-bond donors (Lipinski definition) is 3. The predicted molar refractivity (Wildman–Crippen MR) is 175 cm³/mol. The highest BCUT2D eigenvalue weighted by Gasteiger charge is 2.37. The maximum atomic E-state index is 13.1. The Bertz CT molecular complexity index is 1460. The van der Waals surface area contributed by atoms with E-state index in [0.717, 1.165) is 50.0 Å². The lowest BCUT2D eigenvalue weighted by Gasteiger charge is -2.32. The third-order valence-electron chi connectivity index (χ3n) is 8.76. The normalized spacial score (nSPS) is 14.4. The highest BCUT2D eigenvalue weighted by atomic mass is 16.4. The molecule has 44 heavy (non-hydrogen) atoms. The third-order valence-corrected chi connectivity index (χ3v) is 8.76. The van der Waals surface area contributed by atoms with Crippen molar-refractivity contribution < 1.29 is 19.5 Å². The van der Waals surface area contributed by atoms with Crippen LogP contribution in [0.4, 0.5) is 5.69 Å². The van der Waals surface area contributed by atoms with Crippen LogP contribution in [-0.4, -0.2) is 58.5 Å². The summed E-state index contributed by atoms with van der Waals surface area (Å²) in [4.78, 5) is 44.7. The van der Waals surface area contributed by atoms with Crippen LogP contribution in [0.15, 0.2) is 66.7 Å². The Balaban J connectivity index is 1.32. The van der Waals surface area contributed by atoms with E-state index in [1.807, 2.05) is 49.4 Å². The monoisotopic (exact) mass is 596 g/mol. The summed E-state index contributed by atoms with van der Waals surface area (Å²) in [6, 6.07) is 21.7. The Morgan fingerprint density at radius 2 is 1.70 bits per heavy atom. The molecule has 2 amide bonds. The number of nitrogens with one attached hydrogen (secondary N) is 2. The SMILES string of the molecule is CCC(CC)(CC(=O)Nc1cccc(/C=C/c2nc(C(=O)NC3CCN(CCc4ccccc4)CC3)ccc2C)c1)C(=O)O. The standard InChI is InChI=1S/C36H44N4O4/c1-4-36(5-2,35(43)44)25-33(41)37-30-13-9-12-28(24-30)15-17-31-26(3)14-16-32(39-31)34(42)38-29-19-22-40(23-20-29)21-18-27-10-7-6-8-11-27/h6-17,24,29H,4-5,18-23,25H2,1-3H3,(H,37,41)(H,38,42)(H,43,44)/b17-15+. The largest absolute Gasteiger partial charge is 0.481 e. The quantitative estimate of drug-likeness (QED) is 0.216.